The fraction of sp³-hybridized carbons (Fsp3) is 0.381. The predicted octanol–water partition coefficient (Wildman–Crippen LogP) is 3.42. The smallest absolute Gasteiger partial charge is 0.357 e. The van der Waals surface area contributed by atoms with Crippen molar-refractivity contribution in [3.63, 3.8) is 0 Å². The van der Waals surface area contributed by atoms with Crippen molar-refractivity contribution in [2.24, 2.45) is 0 Å². The number of ether oxygens (including phenoxy) is 1. The topological polar surface area (TPSA) is 114 Å². The second kappa shape index (κ2) is 8.80. The normalized spacial score (nSPS) is 15.0. The molecule has 1 heterocycles. The number of nitrogens with one attached hydrogen (secondary N) is 2. The minimum Gasteiger partial charge on any atom is -0.461 e. The Balaban J connectivity index is 1.45. The molecule has 4 rings (SSSR count). The van der Waals surface area contributed by atoms with Crippen molar-refractivity contribution in [1.82, 2.24) is 9.71 Å². The van der Waals surface area contributed by atoms with Crippen LogP contribution in [0.1, 0.15) is 57.5 Å². The Labute approximate surface area is 184 Å². The van der Waals surface area contributed by atoms with E-state index in [0.717, 1.165) is 72.1 Å². The van der Waals surface area contributed by atoms with E-state index < -0.39 is 22.0 Å². The van der Waals surface area contributed by atoms with Crippen LogP contribution in [-0.4, -0.2) is 32.0 Å². The number of amides is 2. The van der Waals surface area contributed by atoms with Crippen molar-refractivity contribution in [1.29, 1.82) is 0 Å². The van der Waals surface area contributed by atoms with Gasteiger partial charge in [0.1, 0.15) is 5.01 Å². The lowest BCUT2D eigenvalue weighted by Crippen LogP contribution is -2.33. The monoisotopic (exact) mass is 461 g/mol. The van der Waals surface area contributed by atoms with Crippen LogP contribution in [0.4, 0.5) is 10.5 Å². The number of anilines is 1. The lowest BCUT2D eigenvalue weighted by molar-refractivity contribution is 0.0520. The number of urea groups is 1. The van der Waals surface area contributed by atoms with Crippen LogP contribution in [0.3, 0.4) is 0 Å². The van der Waals surface area contributed by atoms with Gasteiger partial charge in [-0.05, 0) is 73.8 Å². The summed E-state index contributed by atoms with van der Waals surface area (Å²) in [6.07, 6.45) is 7.06. The quantitative estimate of drug-likeness (QED) is 0.637. The first-order valence-electron chi connectivity index (χ1n) is 10.2. The van der Waals surface area contributed by atoms with Gasteiger partial charge in [-0.15, -0.1) is 11.3 Å². The molecule has 0 saturated heterocycles. The van der Waals surface area contributed by atoms with Crippen LogP contribution in [0.5, 0.6) is 0 Å². The Kier molecular flexibility index (Phi) is 6.10. The van der Waals surface area contributed by atoms with E-state index in [-0.39, 0.29) is 12.3 Å². The average Bonchev–Trinajstić information content (AvgIpc) is 3.46. The van der Waals surface area contributed by atoms with E-state index in [2.05, 4.69) is 16.4 Å². The summed E-state index contributed by atoms with van der Waals surface area (Å²) in [5.41, 5.74) is 5.63. The zero-order valence-corrected chi connectivity index (χ0v) is 18.7. The molecule has 10 heteroatoms. The third kappa shape index (κ3) is 4.80. The van der Waals surface area contributed by atoms with E-state index in [1.54, 1.807) is 6.92 Å². The highest BCUT2D eigenvalue weighted by molar-refractivity contribution is 7.93. The molecule has 0 spiro atoms. The minimum absolute atomic E-state index is 0.112. The fourth-order valence-electron chi connectivity index (χ4n) is 4.08. The molecular weight excluding hydrogens is 438 g/mol. The minimum atomic E-state index is -4.04. The Morgan fingerprint density at radius 2 is 1.84 bits per heavy atom. The largest absolute Gasteiger partial charge is 0.461 e. The number of carbonyl (C=O) groups excluding carboxylic acids is 2. The van der Waals surface area contributed by atoms with Crippen molar-refractivity contribution < 1.29 is 22.7 Å². The highest BCUT2D eigenvalue weighted by atomic mass is 32.2. The molecule has 0 radical (unpaired) electrons. The van der Waals surface area contributed by atoms with E-state index in [4.69, 9.17) is 4.74 Å². The first-order chi connectivity index (χ1) is 14.9. The number of fused-ring (bicyclic) bond motifs is 2. The van der Waals surface area contributed by atoms with Gasteiger partial charge in [-0.2, -0.15) is 0 Å². The van der Waals surface area contributed by atoms with E-state index >= 15 is 0 Å². The number of aryl methyl sites for hydroxylation is 2. The summed E-state index contributed by atoms with van der Waals surface area (Å²) in [4.78, 5) is 28.2. The van der Waals surface area contributed by atoms with Crippen molar-refractivity contribution in [3.8, 4) is 0 Å². The highest BCUT2D eigenvalue weighted by Gasteiger charge is 2.25. The van der Waals surface area contributed by atoms with E-state index in [0.29, 0.717) is 5.01 Å². The van der Waals surface area contributed by atoms with E-state index in [9.17, 15) is 18.0 Å². The average molecular weight is 462 g/mol. The van der Waals surface area contributed by atoms with Crippen LogP contribution in [-0.2, 0) is 40.4 Å². The van der Waals surface area contributed by atoms with E-state index in [1.807, 2.05) is 4.72 Å². The molecule has 0 bridgehead atoms. The van der Waals surface area contributed by atoms with Crippen molar-refractivity contribution in [2.45, 2.75) is 45.4 Å². The number of thiazole rings is 1. The number of aromatic nitrogens is 1. The Morgan fingerprint density at radius 3 is 2.48 bits per heavy atom. The van der Waals surface area contributed by atoms with Gasteiger partial charge in [-0.1, -0.05) is 6.07 Å². The summed E-state index contributed by atoms with van der Waals surface area (Å²) >= 11 is 1.10. The van der Waals surface area contributed by atoms with Crippen LogP contribution in [0.15, 0.2) is 16.9 Å². The van der Waals surface area contributed by atoms with Gasteiger partial charge in [0.05, 0.1) is 12.0 Å². The van der Waals surface area contributed by atoms with Gasteiger partial charge in [0, 0.05) is 11.1 Å². The number of rotatable bonds is 6. The Hall–Kier alpha value is -2.72. The van der Waals surface area contributed by atoms with Gasteiger partial charge in [-0.3, -0.25) is 0 Å². The highest BCUT2D eigenvalue weighted by Crippen LogP contribution is 2.38. The Morgan fingerprint density at radius 1 is 1.16 bits per heavy atom. The maximum absolute atomic E-state index is 12.5. The zero-order chi connectivity index (χ0) is 22.0. The SMILES string of the molecule is CCOC(=O)c1csc(/C=C/S(=O)(=O)NC(=O)Nc2c3c(cc4c2CCC4)CCC3)n1. The number of hydrogen-bond donors (Lipinski definition) is 2. The molecule has 1 aromatic heterocycles. The van der Waals surface area contributed by atoms with Gasteiger partial charge in [0.15, 0.2) is 5.69 Å². The second-order valence-corrected chi connectivity index (χ2v) is 9.89. The summed E-state index contributed by atoms with van der Waals surface area (Å²) in [6, 6.07) is 1.46. The maximum atomic E-state index is 12.5. The summed E-state index contributed by atoms with van der Waals surface area (Å²) in [7, 11) is -4.04. The van der Waals surface area contributed by atoms with Gasteiger partial charge >= 0.3 is 12.0 Å². The summed E-state index contributed by atoms with van der Waals surface area (Å²) in [6.45, 7) is 1.91. The molecule has 0 fully saturated rings. The number of esters is 1. The molecule has 2 amide bonds. The molecule has 2 N–H and O–H groups in total. The van der Waals surface area contributed by atoms with Gasteiger partial charge in [0.25, 0.3) is 10.0 Å². The van der Waals surface area contributed by atoms with Crippen LogP contribution in [0.25, 0.3) is 6.08 Å². The van der Waals surface area contributed by atoms with Crippen molar-refractivity contribution >= 4 is 45.1 Å². The lowest BCUT2D eigenvalue weighted by atomic mass is 9.99. The summed E-state index contributed by atoms with van der Waals surface area (Å²) in [5.74, 6) is -0.568. The van der Waals surface area contributed by atoms with E-state index in [1.165, 1.54) is 22.6 Å². The van der Waals surface area contributed by atoms with Crippen molar-refractivity contribution in [2.75, 3.05) is 11.9 Å². The van der Waals surface area contributed by atoms with Gasteiger partial charge in [-0.25, -0.2) is 27.7 Å². The standard InChI is InChI=1S/C21H23N3O5S2/c1-2-29-20(25)17-12-30-18(22-17)9-10-31(27,28)24-21(26)23-19-15-7-3-5-13(15)11-14-6-4-8-16(14)19/h9-12H,2-8H2,1H3,(H2,23,24,26)/b10-9+. The van der Waals surface area contributed by atoms with Crippen LogP contribution in [0.2, 0.25) is 0 Å². The molecule has 0 saturated carbocycles. The molecule has 0 atom stereocenters. The zero-order valence-electron chi connectivity index (χ0n) is 17.1. The first kappa shape index (κ1) is 21.5. The lowest BCUT2D eigenvalue weighted by Gasteiger charge is -2.16. The van der Waals surface area contributed by atoms with Gasteiger partial charge in [0.2, 0.25) is 0 Å². The number of carbonyl (C=O) groups is 2. The molecule has 8 nitrogen and oxygen atoms in total. The number of benzene rings is 1. The van der Waals surface area contributed by atoms with Crippen molar-refractivity contribution in [3.05, 3.63) is 49.8 Å². The van der Waals surface area contributed by atoms with Crippen LogP contribution in [0, 0.1) is 0 Å². The first-order valence-corrected chi connectivity index (χ1v) is 12.6. The third-order valence-electron chi connectivity index (χ3n) is 5.34. The number of hydrogen-bond acceptors (Lipinski definition) is 7. The molecule has 2 aromatic rings. The third-order valence-corrected chi connectivity index (χ3v) is 7.12. The predicted molar refractivity (Wildman–Crippen MR) is 119 cm³/mol. The van der Waals surface area contributed by atoms with Gasteiger partial charge < -0.3 is 10.1 Å². The summed E-state index contributed by atoms with van der Waals surface area (Å²) in [5, 5.41) is 5.45. The second-order valence-electron chi connectivity index (χ2n) is 7.43. The molecule has 31 heavy (non-hydrogen) atoms. The number of sulfonamides is 1. The molecule has 2 aliphatic rings. The molecule has 1 aromatic carbocycles. The van der Waals surface area contributed by atoms with Crippen LogP contribution >= 0.6 is 11.3 Å². The molecule has 2 aliphatic carbocycles. The van der Waals surface area contributed by atoms with Crippen LogP contribution < -0.4 is 10.0 Å². The molecular formula is C21H23N3O5S2. The molecule has 164 valence electrons. The molecule has 0 aliphatic heterocycles. The number of nitrogens with zero attached hydrogens (tertiary/aromatic N) is 1. The Bertz CT molecular complexity index is 1140. The molecule has 0 unspecified atom stereocenters. The fourth-order valence-corrected chi connectivity index (χ4v) is 5.53. The maximum Gasteiger partial charge on any atom is 0.357 e. The summed E-state index contributed by atoms with van der Waals surface area (Å²) < 4.78 is 31.6.